The first-order valence-electron chi connectivity index (χ1n) is 6.85. The molecule has 1 aromatic carbocycles. The van der Waals surface area contributed by atoms with Gasteiger partial charge >= 0.3 is 0 Å². The van der Waals surface area contributed by atoms with Crippen LogP contribution in [0.15, 0.2) is 33.6 Å². The van der Waals surface area contributed by atoms with Crippen LogP contribution in [0.2, 0.25) is 5.02 Å². The Morgan fingerprint density at radius 1 is 1.30 bits per heavy atom. The highest BCUT2D eigenvalue weighted by Crippen LogP contribution is 2.16. The zero-order chi connectivity index (χ0) is 16.6. The van der Waals surface area contributed by atoms with Crippen molar-refractivity contribution in [2.24, 2.45) is 0 Å². The maximum Gasteiger partial charge on any atom is 0.297 e. The first-order chi connectivity index (χ1) is 11.0. The number of aryl methyl sites for hydroxylation is 2. The van der Waals surface area contributed by atoms with Crippen molar-refractivity contribution in [3.05, 3.63) is 51.1 Å². The topological polar surface area (TPSA) is 90.0 Å². The van der Waals surface area contributed by atoms with Crippen LogP contribution in [0.25, 0.3) is 10.9 Å². The minimum atomic E-state index is -0.464. The van der Waals surface area contributed by atoms with Gasteiger partial charge in [0, 0.05) is 10.7 Å². The zero-order valence-electron chi connectivity index (χ0n) is 12.5. The second-order valence-electron chi connectivity index (χ2n) is 5.07. The molecule has 0 bridgehead atoms. The Hall–Kier alpha value is -2.67. The average Bonchev–Trinajstić information content (AvgIpc) is 2.89. The number of halogens is 1. The molecule has 0 radical (unpaired) electrons. The fraction of sp³-hybridized carbons (Fsp3) is 0.200. The number of anilines is 1. The SMILES string of the molecule is Cc1nn(CC(=O)Nc2ccc(Cl)cc2)c(=O)c2noc(C)c12. The number of nitrogens with one attached hydrogen (secondary N) is 1. The number of nitrogens with zero attached hydrogens (tertiary/aromatic N) is 3. The van der Waals surface area contributed by atoms with Crippen LogP contribution < -0.4 is 10.9 Å². The Morgan fingerprint density at radius 3 is 2.70 bits per heavy atom. The van der Waals surface area contributed by atoms with Crippen molar-refractivity contribution in [2.75, 3.05) is 5.32 Å². The van der Waals surface area contributed by atoms with Gasteiger partial charge in [0.2, 0.25) is 5.91 Å². The van der Waals surface area contributed by atoms with Crippen molar-refractivity contribution in [1.82, 2.24) is 14.9 Å². The van der Waals surface area contributed by atoms with E-state index < -0.39 is 5.56 Å². The molecule has 0 saturated carbocycles. The molecule has 0 aliphatic carbocycles. The molecule has 3 aromatic rings. The van der Waals surface area contributed by atoms with Crippen LogP contribution in [-0.2, 0) is 11.3 Å². The van der Waals surface area contributed by atoms with Gasteiger partial charge in [-0.05, 0) is 38.1 Å². The van der Waals surface area contributed by atoms with Crippen LogP contribution >= 0.6 is 11.6 Å². The van der Waals surface area contributed by atoms with Gasteiger partial charge < -0.3 is 9.84 Å². The molecule has 0 unspecified atom stereocenters. The van der Waals surface area contributed by atoms with E-state index in [4.69, 9.17) is 16.1 Å². The number of carbonyl (C=O) groups is 1. The molecule has 3 rings (SSSR count). The normalized spacial score (nSPS) is 10.9. The average molecular weight is 333 g/mol. The summed E-state index contributed by atoms with van der Waals surface area (Å²) in [5.41, 5.74) is 0.878. The zero-order valence-corrected chi connectivity index (χ0v) is 13.2. The molecule has 2 aromatic heterocycles. The first-order valence-corrected chi connectivity index (χ1v) is 7.22. The molecule has 8 heteroatoms. The highest BCUT2D eigenvalue weighted by Gasteiger charge is 2.16. The van der Waals surface area contributed by atoms with Crippen molar-refractivity contribution >= 4 is 34.1 Å². The number of benzene rings is 1. The van der Waals surface area contributed by atoms with E-state index in [0.29, 0.717) is 27.6 Å². The van der Waals surface area contributed by atoms with E-state index in [1.165, 1.54) is 0 Å². The standard InChI is InChI=1S/C15H13ClN4O3/c1-8-13-9(2)23-19-14(13)15(22)20(18-8)7-12(21)17-11-5-3-10(16)4-6-11/h3-6H,7H2,1-2H3,(H,17,21). The Morgan fingerprint density at radius 2 is 2.00 bits per heavy atom. The van der Waals surface area contributed by atoms with Gasteiger partial charge in [0.25, 0.3) is 5.56 Å². The van der Waals surface area contributed by atoms with Crippen LogP contribution in [0, 0.1) is 13.8 Å². The fourth-order valence-corrected chi connectivity index (χ4v) is 2.45. The number of rotatable bonds is 3. The second-order valence-corrected chi connectivity index (χ2v) is 5.50. The van der Waals surface area contributed by atoms with Crippen LogP contribution in [-0.4, -0.2) is 20.8 Å². The number of fused-ring (bicyclic) bond motifs is 1. The van der Waals surface area contributed by atoms with E-state index in [-0.39, 0.29) is 18.0 Å². The third-order valence-electron chi connectivity index (χ3n) is 3.35. The number of hydrogen-bond acceptors (Lipinski definition) is 5. The van der Waals surface area contributed by atoms with Crippen LogP contribution in [0.4, 0.5) is 5.69 Å². The Balaban J connectivity index is 1.86. The molecule has 0 aliphatic rings. The molecule has 2 heterocycles. The van der Waals surface area contributed by atoms with Crippen LogP contribution in [0.1, 0.15) is 11.5 Å². The molecule has 0 fully saturated rings. The van der Waals surface area contributed by atoms with Gasteiger partial charge in [-0.25, -0.2) is 4.68 Å². The monoisotopic (exact) mass is 332 g/mol. The fourth-order valence-electron chi connectivity index (χ4n) is 2.32. The summed E-state index contributed by atoms with van der Waals surface area (Å²) >= 11 is 5.79. The summed E-state index contributed by atoms with van der Waals surface area (Å²) in [7, 11) is 0. The predicted molar refractivity (Wildman–Crippen MR) is 85.6 cm³/mol. The van der Waals surface area contributed by atoms with E-state index in [1.807, 2.05) is 0 Å². The highest BCUT2D eigenvalue weighted by molar-refractivity contribution is 6.30. The van der Waals surface area contributed by atoms with Crippen molar-refractivity contribution < 1.29 is 9.32 Å². The van der Waals surface area contributed by atoms with Crippen molar-refractivity contribution in [2.45, 2.75) is 20.4 Å². The number of carbonyl (C=O) groups excluding carboxylic acids is 1. The van der Waals surface area contributed by atoms with E-state index >= 15 is 0 Å². The van der Waals surface area contributed by atoms with Gasteiger partial charge in [-0.3, -0.25) is 9.59 Å². The molecule has 118 valence electrons. The Kier molecular flexibility index (Phi) is 3.87. The second kappa shape index (κ2) is 5.85. The van der Waals surface area contributed by atoms with Gasteiger partial charge in [-0.15, -0.1) is 0 Å². The summed E-state index contributed by atoms with van der Waals surface area (Å²) in [5, 5.41) is 11.7. The van der Waals surface area contributed by atoms with E-state index in [2.05, 4.69) is 15.6 Å². The molecule has 0 atom stereocenters. The number of amides is 1. The minimum absolute atomic E-state index is 0.175. The molecule has 0 saturated heterocycles. The smallest absolute Gasteiger partial charge is 0.297 e. The van der Waals surface area contributed by atoms with E-state index in [1.54, 1.807) is 38.1 Å². The summed E-state index contributed by atoms with van der Waals surface area (Å²) in [6.07, 6.45) is 0. The molecule has 7 nitrogen and oxygen atoms in total. The van der Waals surface area contributed by atoms with Crippen LogP contribution in [0.5, 0.6) is 0 Å². The molecule has 0 spiro atoms. The molecular formula is C15H13ClN4O3. The van der Waals surface area contributed by atoms with Crippen LogP contribution in [0.3, 0.4) is 0 Å². The van der Waals surface area contributed by atoms with Gasteiger partial charge in [0.1, 0.15) is 12.3 Å². The van der Waals surface area contributed by atoms with Gasteiger partial charge in [-0.2, -0.15) is 5.10 Å². The Bertz CT molecular complexity index is 944. The maximum absolute atomic E-state index is 12.3. The number of hydrogen-bond donors (Lipinski definition) is 1. The lowest BCUT2D eigenvalue weighted by Gasteiger charge is -2.07. The summed E-state index contributed by atoms with van der Waals surface area (Å²) in [6.45, 7) is 3.23. The minimum Gasteiger partial charge on any atom is -0.360 e. The van der Waals surface area contributed by atoms with Crippen molar-refractivity contribution in [3.8, 4) is 0 Å². The molecular weight excluding hydrogens is 320 g/mol. The predicted octanol–water partition coefficient (Wildman–Crippen LogP) is 2.29. The third kappa shape index (κ3) is 2.95. The number of aromatic nitrogens is 3. The molecule has 0 aliphatic heterocycles. The summed E-state index contributed by atoms with van der Waals surface area (Å²) in [6, 6.07) is 6.67. The third-order valence-corrected chi connectivity index (χ3v) is 3.61. The molecule has 1 N–H and O–H groups in total. The summed E-state index contributed by atoms with van der Waals surface area (Å²) in [4.78, 5) is 24.4. The quantitative estimate of drug-likeness (QED) is 0.794. The molecule has 23 heavy (non-hydrogen) atoms. The van der Waals surface area contributed by atoms with Gasteiger partial charge in [0.15, 0.2) is 5.52 Å². The van der Waals surface area contributed by atoms with E-state index in [9.17, 15) is 9.59 Å². The van der Waals surface area contributed by atoms with Crippen molar-refractivity contribution in [1.29, 1.82) is 0 Å². The lowest BCUT2D eigenvalue weighted by Crippen LogP contribution is -2.30. The van der Waals surface area contributed by atoms with Crippen molar-refractivity contribution in [3.63, 3.8) is 0 Å². The lowest BCUT2D eigenvalue weighted by molar-refractivity contribution is -0.117. The first kappa shape index (κ1) is 15.2. The van der Waals surface area contributed by atoms with Gasteiger partial charge in [0.05, 0.1) is 11.1 Å². The molecule has 1 amide bonds. The largest absolute Gasteiger partial charge is 0.360 e. The van der Waals surface area contributed by atoms with Gasteiger partial charge in [-0.1, -0.05) is 16.8 Å². The lowest BCUT2D eigenvalue weighted by atomic mass is 10.2. The Labute approximate surface area is 135 Å². The highest BCUT2D eigenvalue weighted by atomic mass is 35.5. The maximum atomic E-state index is 12.3. The summed E-state index contributed by atoms with van der Waals surface area (Å²) in [5.74, 6) is 0.153. The summed E-state index contributed by atoms with van der Waals surface area (Å²) < 4.78 is 6.10. The van der Waals surface area contributed by atoms with E-state index in [0.717, 1.165) is 4.68 Å².